The zero-order chi connectivity index (χ0) is 14.4. The predicted octanol–water partition coefficient (Wildman–Crippen LogP) is 4.85. The summed E-state index contributed by atoms with van der Waals surface area (Å²) in [7, 11) is 0. The number of rotatable bonds is 6. The minimum atomic E-state index is 0.417. The van der Waals surface area contributed by atoms with E-state index in [1.807, 2.05) is 13.0 Å². The van der Waals surface area contributed by atoms with Crippen molar-refractivity contribution in [1.29, 1.82) is 0 Å². The van der Waals surface area contributed by atoms with E-state index in [-0.39, 0.29) is 0 Å². The number of hydrogen-bond donors (Lipinski definition) is 0. The summed E-state index contributed by atoms with van der Waals surface area (Å²) in [5.41, 5.74) is 3.26. The minimum Gasteiger partial charge on any atom is -0.377 e. The molecule has 0 aliphatic heterocycles. The fourth-order valence-corrected chi connectivity index (χ4v) is 2.58. The molecule has 2 nitrogen and oxygen atoms in total. The van der Waals surface area contributed by atoms with Crippen LogP contribution in [0.1, 0.15) is 23.1 Å². The van der Waals surface area contributed by atoms with Gasteiger partial charge in [0, 0.05) is 12.2 Å². The smallest absolute Gasteiger partial charge is 0.136 e. The molecule has 2 rings (SSSR count). The average Bonchev–Trinajstić information content (AvgIpc) is 2.42. The number of hydrogen-bond acceptors (Lipinski definition) is 2. The number of nitrogens with zero attached hydrogens (tertiary/aromatic N) is 1. The molecule has 1 aromatic heterocycles. The molecule has 0 unspecified atom stereocenters. The Morgan fingerprint density at radius 1 is 1.15 bits per heavy atom. The summed E-state index contributed by atoms with van der Waals surface area (Å²) in [6, 6.07) is 12.2. The Morgan fingerprint density at radius 2 is 1.90 bits per heavy atom. The van der Waals surface area contributed by atoms with Crippen LogP contribution in [0.4, 0.5) is 0 Å². The molecule has 20 heavy (non-hydrogen) atoms. The topological polar surface area (TPSA) is 22.1 Å². The van der Waals surface area contributed by atoms with Crippen molar-refractivity contribution in [3.63, 3.8) is 0 Å². The maximum absolute atomic E-state index is 6.07. The Bertz CT molecular complexity index is 535. The molecule has 2 aromatic rings. The highest BCUT2D eigenvalue weighted by Crippen LogP contribution is 2.22. The van der Waals surface area contributed by atoms with E-state index in [9.17, 15) is 0 Å². The van der Waals surface area contributed by atoms with Gasteiger partial charge in [0.25, 0.3) is 0 Å². The molecule has 0 amide bonds. The summed E-state index contributed by atoms with van der Waals surface area (Å²) in [5, 5.41) is 0.846. The first-order valence-corrected chi connectivity index (χ1v) is 7.35. The van der Waals surface area contributed by atoms with E-state index >= 15 is 0 Å². The number of benzene rings is 1. The third-order valence-corrected chi connectivity index (χ3v) is 3.62. The highest BCUT2D eigenvalue weighted by Gasteiger charge is 2.07. The van der Waals surface area contributed by atoms with Gasteiger partial charge in [-0.3, -0.25) is 0 Å². The van der Waals surface area contributed by atoms with E-state index in [2.05, 4.69) is 29.2 Å². The van der Waals surface area contributed by atoms with Crippen molar-refractivity contribution in [2.24, 2.45) is 0 Å². The summed E-state index contributed by atoms with van der Waals surface area (Å²) in [4.78, 5) is 4.03. The first-order chi connectivity index (χ1) is 9.66. The quantitative estimate of drug-likeness (QED) is 0.562. The van der Waals surface area contributed by atoms with Crippen molar-refractivity contribution in [2.45, 2.75) is 26.4 Å². The van der Waals surface area contributed by atoms with Gasteiger partial charge in [0.2, 0.25) is 0 Å². The molecule has 106 valence electrons. The maximum atomic E-state index is 6.07. The fourth-order valence-electron chi connectivity index (χ4n) is 1.99. The Kier molecular flexibility index (Phi) is 5.84. The summed E-state index contributed by atoms with van der Waals surface area (Å²) in [5.74, 6) is 0. The van der Waals surface area contributed by atoms with Crippen LogP contribution in [0.15, 0.2) is 36.4 Å². The molecule has 0 fully saturated rings. The second kappa shape index (κ2) is 7.63. The van der Waals surface area contributed by atoms with Crippen molar-refractivity contribution in [2.75, 3.05) is 6.61 Å². The van der Waals surface area contributed by atoms with E-state index in [0.29, 0.717) is 23.5 Å². The van der Waals surface area contributed by atoms with Crippen LogP contribution in [0.25, 0.3) is 0 Å². The lowest BCUT2D eigenvalue weighted by Gasteiger charge is -2.09. The molecule has 0 N–H and O–H groups in total. The Labute approximate surface area is 129 Å². The van der Waals surface area contributed by atoms with Crippen molar-refractivity contribution >= 4 is 23.2 Å². The minimum absolute atomic E-state index is 0.417. The largest absolute Gasteiger partial charge is 0.377 e. The van der Waals surface area contributed by atoms with Crippen LogP contribution in [-0.2, 0) is 17.8 Å². The zero-order valence-electron chi connectivity index (χ0n) is 11.4. The maximum Gasteiger partial charge on any atom is 0.136 e. The number of pyridine rings is 1. The predicted molar refractivity (Wildman–Crippen MR) is 83.4 cm³/mol. The standard InChI is InChI=1S/C16H17Cl2NO/c1-12-10-15(17)19-16(18)14(12)11-20-9-5-8-13-6-3-2-4-7-13/h2-4,6-7,10H,5,8-9,11H2,1H3. The van der Waals surface area contributed by atoms with Gasteiger partial charge in [0.15, 0.2) is 0 Å². The lowest BCUT2D eigenvalue weighted by atomic mass is 10.1. The van der Waals surface area contributed by atoms with E-state index in [0.717, 1.165) is 24.0 Å². The van der Waals surface area contributed by atoms with Gasteiger partial charge in [-0.2, -0.15) is 0 Å². The van der Waals surface area contributed by atoms with Crippen LogP contribution in [0.5, 0.6) is 0 Å². The normalized spacial score (nSPS) is 10.8. The number of ether oxygens (including phenoxy) is 1. The monoisotopic (exact) mass is 309 g/mol. The molecular formula is C16H17Cl2NO. The van der Waals surface area contributed by atoms with Crippen LogP contribution in [0, 0.1) is 6.92 Å². The van der Waals surface area contributed by atoms with Gasteiger partial charge in [-0.15, -0.1) is 0 Å². The lowest BCUT2D eigenvalue weighted by Crippen LogP contribution is -2.01. The van der Waals surface area contributed by atoms with Crippen molar-refractivity contribution < 1.29 is 4.74 Å². The van der Waals surface area contributed by atoms with Gasteiger partial charge < -0.3 is 4.74 Å². The molecule has 0 saturated heterocycles. The zero-order valence-corrected chi connectivity index (χ0v) is 12.9. The second-order valence-electron chi connectivity index (χ2n) is 4.67. The fraction of sp³-hybridized carbons (Fsp3) is 0.312. The molecule has 0 aliphatic carbocycles. The second-order valence-corrected chi connectivity index (χ2v) is 5.42. The molecule has 1 aromatic carbocycles. The first kappa shape index (κ1) is 15.3. The van der Waals surface area contributed by atoms with E-state index in [4.69, 9.17) is 27.9 Å². The molecule has 0 radical (unpaired) electrons. The molecular weight excluding hydrogens is 293 g/mol. The van der Waals surface area contributed by atoms with Crippen molar-refractivity contribution in [3.8, 4) is 0 Å². The van der Waals surface area contributed by atoms with E-state index < -0.39 is 0 Å². The van der Waals surface area contributed by atoms with Crippen LogP contribution >= 0.6 is 23.2 Å². The van der Waals surface area contributed by atoms with Crippen LogP contribution in [0.2, 0.25) is 10.3 Å². The van der Waals surface area contributed by atoms with Gasteiger partial charge in [0.1, 0.15) is 10.3 Å². The Hall–Kier alpha value is -1.09. The van der Waals surface area contributed by atoms with Crippen LogP contribution in [0.3, 0.4) is 0 Å². The third kappa shape index (κ3) is 4.48. The van der Waals surface area contributed by atoms with Gasteiger partial charge in [0.05, 0.1) is 6.61 Å². The Balaban J connectivity index is 1.76. The Morgan fingerprint density at radius 3 is 2.60 bits per heavy atom. The molecule has 0 spiro atoms. The van der Waals surface area contributed by atoms with Crippen molar-refractivity contribution in [1.82, 2.24) is 4.98 Å². The van der Waals surface area contributed by atoms with Gasteiger partial charge in [-0.05, 0) is 37.0 Å². The van der Waals surface area contributed by atoms with E-state index in [1.165, 1.54) is 5.56 Å². The van der Waals surface area contributed by atoms with E-state index in [1.54, 1.807) is 6.07 Å². The van der Waals surface area contributed by atoms with Gasteiger partial charge in [-0.1, -0.05) is 53.5 Å². The highest BCUT2D eigenvalue weighted by atomic mass is 35.5. The first-order valence-electron chi connectivity index (χ1n) is 6.60. The molecule has 0 atom stereocenters. The summed E-state index contributed by atoms with van der Waals surface area (Å²) in [6.07, 6.45) is 2.01. The lowest BCUT2D eigenvalue weighted by molar-refractivity contribution is 0.118. The highest BCUT2D eigenvalue weighted by molar-refractivity contribution is 6.33. The molecule has 0 bridgehead atoms. The van der Waals surface area contributed by atoms with Gasteiger partial charge in [-0.25, -0.2) is 4.98 Å². The average molecular weight is 310 g/mol. The van der Waals surface area contributed by atoms with Crippen LogP contribution < -0.4 is 0 Å². The summed E-state index contributed by atoms with van der Waals surface area (Å²) < 4.78 is 5.68. The molecule has 0 saturated carbocycles. The molecule has 1 heterocycles. The van der Waals surface area contributed by atoms with Crippen LogP contribution in [-0.4, -0.2) is 11.6 Å². The SMILES string of the molecule is Cc1cc(Cl)nc(Cl)c1COCCCc1ccccc1. The number of halogens is 2. The molecule has 0 aliphatic rings. The summed E-state index contributed by atoms with van der Waals surface area (Å²) >= 11 is 11.9. The summed E-state index contributed by atoms with van der Waals surface area (Å²) in [6.45, 7) is 3.14. The molecule has 4 heteroatoms. The van der Waals surface area contributed by atoms with Gasteiger partial charge >= 0.3 is 0 Å². The third-order valence-electron chi connectivity index (χ3n) is 3.11. The number of aromatic nitrogens is 1. The van der Waals surface area contributed by atoms with Crippen molar-refractivity contribution in [3.05, 3.63) is 63.4 Å². The number of aryl methyl sites for hydroxylation is 2.